The van der Waals surface area contributed by atoms with Gasteiger partial charge in [-0.2, -0.15) is 20.1 Å². The van der Waals surface area contributed by atoms with Crippen LogP contribution in [-0.2, 0) is 0 Å². The van der Waals surface area contributed by atoms with Crippen molar-refractivity contribution in [3.05, 3.63) is 23.7 Å². The average Bonchev–Trinajstić information content (AvgIpc) is 2.90. The van der Waals surface area contributed by atoms with Crippen molar-refractivity contribution in [2.75, 3.05) is 6.61 Å². The van der Waals surface area contributed by atoms with E-state index >= 15 is 0 Å². The summed E-state index contributed by atoms with van der Waals surface area (Å²) in [5, 5.41) is 4.14. The van der Waals surface area contributed by atoms with E-state index in [-0.39, 0.29) is 11.3 Å². The highest BCUT2D eigenvalue weighted by atomic mass is 35.5. The molecule has 0 saturated heterocycles. The molecule has 2 aromatic rings. The van der Waals surface area contributed by atoms with E-state index in [2.05, 4.69) is 33.9 Å². The molecule has 102 valence electrons. The maximum absolute atomic E-state index is 5.86. The van der Waals surface area contributed by atoms with Gasteiger partial charge in [-0.05, 0) is 30.0 Å². The van der Waals surface area contributed by atoms with Crippen LogP contribution in [0.3, 0.4) is 0 Å². The van der Waals surface area contributed by atoms with Gasteiger partial charge in [0.1, 0.15) is 0 Å². The SMILES string of the molecule is CCCC(C)COc1nc(Cl)nc(-n2cccn2)n1. The molecule has 19 heavy (non-hydrogen) atoms. The summed E-state index contributed by atoms with van der Waals surface area (Å²) in [5.74, 6) is 0.803. The van der Waals surface area contributed by atoms with Crippen LogP contribution in [0, 0.1) is 5.92 Å². The van der Waals surface area contributed by atoms with E-state index in [1.165, 1.54) is 4.68 Å². The third-order valence-electron chi connectivity index (χ3n) is 2.56. The third kappa shape index (κ3) is 3.89. The lowest BCUT2D eigenvalue weighted by atomic mass is 10.1. The minimum Gasteiger partial charge on any atom is -0.463 e. The fourth-order valence-electron chi connectivity index (χ4n) is 1.67. The number of halogens is 1. The topological polar surface area (TPSA) is 65.7 Å². The van der Waals surface area contributed by atoms with Crippen LogP contribution < -0.4 is 4.74 Å². The zero-order valence-corrected chi connectivity index (χ0v) is 11.7. The molecule has 0 saturated carbocycles. The second kappa shape index (κ2) is 6.47. The predicted molar refractivity (Wildman–Crippen MR) is 71.5 cm³/mol. The highest BCUT2D eigenvalue weighted by molar-refractivity contribution is 6.28. The van der Waals surface area contributed by atoms with Gasteiger partial charge in [-0.15, -0.1) is 0 Å². The molecular formula is C12H16ClN5O. The second-order valence-electron chi connectivity index (χ2n) is 4.34. The maximum atomic E-state index is 5.86. The van der Waals surface area contributed by atoms with Gasteiger partial charge in [-0.1, -0.05) is 20.3 Å². The monoisotopic (exact) mass is 281 g/mol. The largest absolute Gasteiger partial charge is 0.463 e. The van der Waals surface area contributed by atoms with Crippen LogP contribution in [0.25, 0.3) is 5.95 Å². The number of nitrogens with zero attached hydrogens (tertiary/aromatic N) is 5. The molecule has 1 unspecified atom stereocenters. The first kappa shape index (κ1) is 13.7. The first-order valence-electron chi connectivity index (χ1n) is 6.23. The van der Waals surface area contributed by atoms with Crippen molar-refractivity contribution in [3.63, 3.8) is 0 Å². The molecule has 0 aliphatic rings. The van der Waals surface area contributed by atoms with E-state index in [1.807, 2.05) is 0 Å². The Morgan fingerprint density at radius 1 is 1.37 bits per heavy atom. The van der Waals surface area contributed by atoms with E-state index in [0.717, 1.165) is 12.8 Å². The molecule has 0 N–H and O–H groups in total. The molecule has 0 bridgehead atoms. The molecule has 1 atom stereocenters. The standard InChI is InChI=1S/C12H16ClN5O/c1-3-5-9(2)8-19-12-16-10(13)15-11(17-12)18-7-4-6-14-18/h4,6-7,9H,3,5,8H2,1-2H3. The Balaban J connectivity index is 2.09. The van der Waals surface area contributed by atoms with Gasteiger partial charge >= 0.3 is 6.01 Å². The fraction of sp³-hybridized carbons (Fsp3) is 0.500. The lowest BCUT2D eigenvalue weighted by Gasteiger charge is -2.11. The lowest BCUT2D eigenvalue weighted by Crippen LogP contribution is -2.12. The number of ether oxygens (including phenoxy) is 1. The molecule has 7 heteroatoms. The molecule has 0 radical (unpaired) electrons. The number of rotatable bonds is 6. The van der Waals surface area contributed by atoms with E-state index in [1.54, 1.807) is 18.5 Å². The highest BCUT2D eigenvalue weighted by Crippen LogP contribution is 2.13. The molecule has 0 aromatic carbocycles. The molecule has 2 rings (SSSR count). The minimum absolute atomic E-state index is 0.0960. The molecule has 2 aromatic heterocycles. The summed E-state index contributed by atoms with van der Waals surface area (Å²) in [6, 6.07) is 2.01. The van der Waals surface area contributed by atoms with Crippen molar-refractivity contribution in [2.24, 2.45) is 5.92 Å². The molecule has 6 nitrogen and oxygen atoms in total. The number of aromatic nitrogens is 5. The summed E-state index contributed by atoms with van der Waals surface area (Å²) in [4.78, 5) is 12.1. The number of hydrogen-bond donors (Lipinski definition) is 0. The predicted octanol–water partition coefficient (Wildman–Crippen LogP) is 2.53. The zero-order valence-electron chi connectivity index (χ0n) is 11.0. The molecule has 0 spiro atoms. The highest BCUT2D eigenvalue weighted by Gasteiger charge is 2.09. The van der Waals surface area contributed by atoms with Crippen molar-refractivity contribution in [2.45, 2.75) is 26.7 Å². The molecule has 0 aliphatic heterocycles. The maximum Gasteiger partial charge on any atom is 0.322 e. The van der Waals surface area contributed by atoms with Crippen LogP contribution in [0.4, 0.5) is 0 Å². The quantitative estimate of drug-likeness (QED) is 0.814. The van der Waals surface area contributed by atoms with E-state index in [9.17, 15) is 0 Å². The molecule has 0 aliphatic carbocycles. The van der Waals surface area contributed by atoms with Crippen LogP contribution in [0.2, 0.25) is 5.28 Å². The van der Waals surface area contributed by atoms with Crippen molar-refractivity contribution in [1.29, 1.82) is 0 Å². The Labute approximate surface area is 116 Å². The van der Waals surface area contributed by atoms with Gasteiger partial charge in [0.2, 0.25) is 5.28 Å². The minimum atomic E-state index is 0.0960. The van der Waals surface area contributed by atoms with Gasteiger partial charge < -0.3 is 4.74 Å². The molecule has 2 heterocycles. The Hall–Kier alpha value is -1.69. The fourth-order valence-corrected chi connectivity index (χ4v) is 1.82. The van der Waals surface area contributed by atoms with Crippen LogP contribution in [-0.4, -0.2) is 31.3 Å². The van der Waals surface area contributed by atoms with Gasteiger partial charge in [0.15, 0.2) is 0 Å². The molecule has 0 fully saturated rings. The van der Waals surface area contributed by atoms with Crippen LogP contribution in [0.15, 0.2) is 18.5 Å². The van der Waals surface area contributed by atoms with Crippen LogP contribution >= 0.6 is 11.6 Å². The van der Waals surface area contributed by atoms with Crippen molar-refractivity contribution in [3.8, 4) is 12.0 Å². The van der Waals surface area contributed by atoms with E-state index in [4.69, 9.17) is 16.3 Å². The van der Waals surface area contributed by atoms with Gasteiger partial charge in [0.25, 0.3) is 5.95 Å². The summed E-state index contributed by atoms with van der Waals surface area (Å²) in [6.07, 6.45) is 5.60. The average molecular weight is 282 g/mol. The number of hydrogen-bond acceptors (Lipinski definition) is 5. The summed E-state index contributed by atoms with van der Waals surface area (Å²) < 4.78 is 7.06. The summed E-state index contributed by atoms with van der Waals surface area (Å²) in [7, 11) is 0. The lowest BCUT2D eigenvalue weighted by molar-refractivity contribution is 0.233. The Kier molecular flexibility index (Phi) is 4.68. The molecular weight excluding hydrogens is 266 g/mol. The first-order valence-corrected chi connectivity index (χ1v) is 6.61. The van der Waals surface area contributed by atoms with Crippen molar-refractivity contribution >= 4 is 11.6 Å². The normalized spacial score (nSPS) is 12.4. The van der Waals surface area contributed by atoms with Gasteiger partial charge in [0.05, 0.1) is 6.61 Å². The van der Waals surface area contributed by atoms with Crippen molar-refractivity contribution < 1.29 is 4.74 Å². The van der Waals surface area contributed by atoms with E-state index in [0.29, 0.717) is 18.5 Å². The van der Waals surface area contributed by atoms with Gasteiger partial charge in [0, 0.05) is 12.4 Å². The summed E-state index contributed by atoms with van der Waals surface area (Å²) in [6.45, 7) is 4.83. The Bertz CT molecular complexity index is 517. The zero-order chi connectivity index (χ0) is 13.7. The van der Waals surface area contributed by atoms with Gasteiger partial charge in [-0.25, -0.2) is 4.68 Å². The third-order valence-corrected chi connectivity index (χ3v) is 2.73. The van der Waals surface area contributed by atoms with Gasteiger partial charge in [-0.3, -0.25) is 0 Å². The summed E-state index contributed by atoms with van der Waals surface area (Å²) >= 11 is 5.86. The summed E-state index contributed by atoms with van der Waals surface area (Å²) in [5.41, 5.74) is 0. The van der Waals surface area contributed by atoms with E-state index < -0.39 is 0 Å². The Morgan fingerprint density at radius 2 is 2.21 bits per heavy atom. The second-order valence-corrected chi connectivity index (χ2v) is 4.68. The van der Waals surface area contributed by atoms with Crippen molar-refractivity contribution in [1.82, 2.24) is 24.7 Å². The Morgan fingerprint density at radius 3 is 2.89 bits per heavy atom. The smallest absolute Gasteiger partial charge is 0.322 e. The first-order chi connectivity index (χ1) is 9.19. The van der Waals surface area contributed by atoms with Crippen LogP contribution in [0.1, 0.15) is 26.7 Å². The van der Waals surface area contributed by atoms with Crippen LogP contribution in [0.5, 0.6) is 6.01 Å². The molecule has 0 amide bonds.